The highest BCUT2D eigenvalue weighted by Gasteiger charge is 2.03. The van der Waals surface area contributed by atoms with E-state index in [-0.39, 0.29) is 5.69 Å². The van der Waals surface area contributed by atoms with E-state index in [1.807, 2.05) is 24.3 Å². The molecular weight excluding hydrogens is 296 g/mol. The minimum atomic E-state index is -1.02. The van der Waals surface area contributed by atoms with Crippen molar-refractivity contribution < 1.29 is 9.90 Å². The van der Waals surface area contributed by atoms with Crippen molar-refractivity contribution in [3.8, 4) is 0 Å². The van der Waals surface area contributed by atoms with E-state index < -0.39 is 5.97 Å². The van der Waals surface area contributed by atoms with Gasteiger partial charge in [-0.1, -0.05) is 28.1 Å². The summed E-state index contributed by atoms with van der Waals surface area (Å²) < 4.78 is 1.03. The summed E-state index contributed by atoms with van der Waals surface area (Å²) in [5.41, 5.74) is 1.97. The molecule has 18 heavy (non-hydrogen) atoms. The van der Waals surface area contributed by atoms with E-state index in [4.69, 9.17) is 5.11 Å². The number of carbonyl (C=O) groups is 1. The number of hydrogen-bond acceptors (Lipinski definition) is 3. The van der Waals surface area contributed by atoms with Crippen LogP contribution in [0, 0.1) is 0 Å². The van der Waals surface area contributed by atoms with Gasteiger partial charge in [-0.3, -0.25) is 0 Å². The van der Waals surface area contributed by atoms with Crippen LogP contribution in [0.3, 0.4) is 0 Å². The van der Waals surface area contributed by atoms with Crippen molar-refractivity contribution in [3.05, 3.63) is 58.3 Å². The summed E-state index contributed by atoms with van der Waals surface area (Å²) in [5, 5.41) is 11.9. The minimum absolute atomic E-state index is 0.0444. The van der Waals surface area contributed by atoms with Gasteiger partial charge in [-0.2, -0.15) is 0 Å². The van der Waals surface area contributed by atoms with Crippen molar-refractivity contribution in [1.29, 1.82) is 0 Å². The lowest BCUT2D eigenvalue weighted by molar-refractivity contribution is 0.0690. The highest BCUT2D eigenvalue weighted by Crippen LogP contribution is 2.13. The number of carboxylic acids is 1. The van der Waals surface area contributed by atoms with Crippen LogP contribution in [-0.4, -0.2) is 16.1 Å². The van der Waals surface area contributed by atoms with Crippen LogP contribution in [0.25, 0.3) is 0 Å². The van der Waals surface area contributed by atoms with E-state index in [1.54, 1.807) is 6.07 Å². The third-order valence-corrected chi connectivity index (χ3v) is 2.86. The van der Waals surface area contributed by atoms with Gasteiger partial charge < -0.3 is 10.4 Å². The van der Waals surface area contributed by atoms with Gasteiger partial charge in [-0.05, 0) is 29.8 Å². The van der Waals surface area contributed by atoms with E-state index in [2.05, 4.69) is 26.2 Å². The lowest BCUT2D eigenvalue weighted by Gasteiger charge is -2.06. The fourth-order valence-electron chi connectivity index (χ4n) is 1.48. The second-order valence-electron chi connectivity index (χ2n) is 3.72. The number of nitrogens with zero attached hydrogens (tertiary/aromatic N) is 1. The molecule has 1 heterocycles. The molecule has 0 aliphatic rings. The summed E-state index contributed by atoms with van der Waals surface area (Å²) in [6.07, 6.45) is 1.52. The number of pyridine rings is 1. The van der Waals surface area contributed by atoms with Gasteiger partial charge in [0, 0.05) is 11.0 Å². The summed E-state index contributed by atoms with van der Waals surface area (Å²) in [6, 6.07) is 11.1. The van der Waals surface area contributed by atoms with E-state index in [0.29, 0.717) is 6.54 Å². The molecule has 4 nitrogen and oxygen atoms in total. The molecule has 0 unspecified atom stereocenters. The van der Waals surface area contributed by atoms with Crippen molar-refractivity contribution in [2.24, 2.45) is 0 Å². The smallest absolute Gasteiger partial charge is 0.354 e. The molecule has 0 amide bonds. The molecule has 0 saturated carbocycles. The number of halogens is 1. The molecule has 2 N–H and O–H groups in total. The summed E-state index contributed by atoms with van der Waals surface area (Å²) in [7, 11) is 0. The second kappa shape index (κ2) is 5.64. The average Bonchev–Trinajstić information content (AvgIpc) is 2.37. The molecule has 0 saturated heterocycles. The van der Waals surface area contributed by atoms with E-state index in [9.17, 15) is 4.79 Å². The molecule has 2 rings (SSSR count). The third kappa shape index (κ3) is 3.30. The number of aromatic nitrogens is 1. The van der Waals surface area contributed by atoms with Crippen molar-refractivity contribution in [3.63, 3.8) is 0 Å². The lowest BCUT2D eigenvalue weighted by Crippen LogP contribution is -2.03. The maximum atomic E-state index is 10.6. The normalized spacial score (nSPS) is 10.1. The van der Waals surface area contributed by atoms with Crippen LogP contribution in [-0.2, 0) is 6.54 Å². The Morgan fingerprint density at radius 3 is 2.78 bits per heavy atom. The van der Waals surface area contributed by atoms with Gasteiger partial charge in [0.05, 0.1) is 11.9 Å². The SMILES string of the molecule is O=C(O)c1ccc(NCc2cccc(Br)c2)cn1. The fourth-order valence-corrected chi connectivity index (χ4v) is 1.92. The first-order valence-corrected chi connectivity index (χ1v) is 6.12. The number of rotatable bonds is 4. The quantitative estimate of drug-likeness (QED) is 0.911. The van der Waals surface area contributed by atoms with Crippen LogP contribution in [0.2, 0.25) is 0 Å². The van der Waals surface area contributed by atoms with Gasteiger partial charge in [0.1, 0.15) is 5.69 Å². The molecule has 0 aliphatic heterocycles. The number of anilines is 1. The summed E-state index contributed by atoms with van der Waals surface area (Å²) in [6.45, 7) is 0.660. The van der Waals surface area contributed by atoms with Crippen molar-refractivity contribution in [1.82, 2.24) is 4.98 Å². The first-order chi connectivity index (χ1) is 8.65. The molecule has 0 radical (unpaired) electrons. The van der Waals surface area contributed by atoms with Crippen molar-refractivity contribution in [2.45, 2.75) is 6.54 Å². The first-order valence-electron chi connectivity index (χ1n) is 5.33. The molecule has 0 aliphatic carbocycles. The Balaban J connectivity index is 2.00. The Morgan fingerprint density at radius 1 is 1.33 bits per heavy atom. The zero-order chi connectivity index (χ0) is 13.0. The number of carboxylic acid groups (broad SMARTS) is 1. The standard InChI is InChI=1S/C13H11BrN2O2/c14-10-3-1-2-9(6-10)7-15-11-4-5-12(13(17)18)16-8-11/h1-6,8,15H,7H2,(H,17,18). The topological polar surface area (TPSA) is 62.2 Å². The van der Waals surface area contributed by atoms with Gasteiger partial charge in [0.25, 0.3) is 0 Å². The van der Waals surface area contributed by atoms with E-state index >= 15 is 0 Å². The highest BCUT2D eigenvalue weighted by molar-refractivity contribution is 9.10. The Hall–Kier alpha value is -1.88. The van der Waals surface area contributed by atoms with Gasteiger partial charge >= 0.3 is 5.97 Å². The van der Waals surface area contributed by atoms with Gasteiger partial charge in [0.15, 0.2) is 0 Å². The van der Waals surface area contributed by atoms with E-state index in [1.165, 1.54) is 12.3 Å². The Bertz CT molecular complexity index is 555. The van der Waals surface area contributed by atoms with Crippen LogP contribution in [0.5, 0.6) is 0 Å². The minimum Gasteiger partial charge on any atom is -0.477 e. The first kappa shape index (κ1) is 12.6. The molecule has 0 bridgehead atoms. The fraction of sp³-hybridized carbons (Fsp3) is 0.0769. The predicted molar refractivity (Wildman–Crippen MR) is 72.7 cm³/mol. The molecule has 2 aromatic rings. The summed E-state index contributed by atoms with van der Waals surface area (Å²) in [4.78, 5) is 14.5. The van der Waals surface area contributed by atoms with Crippen molar-refractivity contribution in [2.75, 3.05) is 5.32 Å². The largest absolute Gasteiger partial charge is 0.477 e. The number of hydrogen-bond donors (Lipinski definition) is 2. The molecule has 1 aromatic carbocycles. The van der Waals surface area contributed by atoms with Gasteiger partial charge in [0.2, 0.25) is 0 Å². The van der Waals surface area contributed by atoms with Crippen LogP contribution in [0.15, 0.2) is 47.1 Å². The zero-order valence-electron chi connectivity index (χ0n) is 9.43. The zero-order valence-corrected chi connectivity index (χ0v) is 11.0. The Labute approximate surface area is 113 Å². The maximum Gasteiger partial charge on any atom is 0.354 e. The lowest BCUT2D eigenvalue weighted by atomic mass is 10.2. The van der Waals surface area contributed by atoms with Crippen LogP contribution >= 0.6 is 15.9 Å². The molecule has 0 spiro atoms. The molecule has 0 fully saturated rings. The molecule has 5 heteroatoms. The molecule has 1 aromatic heterocycles. The molecule has 0 atom stereocenters. The van der Waals surface area contributed by atoms with Crippen LogP contribution in [0.4, 0.5) is 5.69 Å². The Morgan fingerprint density at radius 2 is 2.17 bits per heavy atom. The number of benzene rings is 1. The third-order valence-electron chi connectivity index (χ3n) is 2.37. The maximum absolute atomic E-state index is 10.6. The van der Waals surface area contributed by atoms with Gasteiger partial charge in [-0.25, -0.2) is 9.78 Å². The molecular formula is C13H11BrN2O2. The highest BCUT2D eigenvalue weighted by atomic mass is 79.9. The monoisotopic (exact) mass is 306 g/mol. The average molecular weight is 307 g/mol. The second-order valence-corrected chi connectivity index (χ2v) is 4.64. The number of aromatic carboxylic acids is 1. The summed E-state index contributed by atoms with van der Waals surface area (Å²) in [5.74, 6) is -1.02. The van der Waals surface area contributed by atoms with Crippen LogP contribution in [0.1, 0.15) is 16.1 Å². The van der Waals surface area contributed by atoms with Crippen molar-refractivity contribution >= 4 is 27.6 Å². The Kier molecular flexibility index (Phi) is 3.94. The molecule has 92 valence electrons. The van der Waals surface area contributed by atoms with Crippen LogP contribution < -0.4 is 5.32 Å². The summed E-state index contributed by atoms with van der Waals surface area (Å²) >= 11 is 3.41. The van der Waals surface area contributed by atoms with E-state index in [0.717, 1.165) is 15.7 Å². The van der Waals surface area contributed by atoms with Gasteiger partial charge in [-0.15, -0.1) is 0 Å². The number of nitrogens with one attached hydrogen (secondary N) is 1. The predicted octanol–water partition coefficient (Wildman–Crippen LogP) is 3.15.